The van der Waals surface area contributed by atoms with Gasteiger partial charge in [0.2, 0.25) is 0 Å². The molecule has 0 amide bonds. The molecule has 166 valence electrons. The van der Waals surface area contributed by atoms with Crippen molar-refractivity contribution in [2.24, 2.45) is 5.92 Å². The van der Waals surface area contributed by atoms with E-state index in [0.29, 0.717) is 24.1 Å². The molecule has 2 aromatic carbocycles. The second-order valence-corrected chi connectivity index (χ2v) is 8.03. The number of ketones is 2. The Balaban J connectivity index is 0.00000289. The Morgan fingerprint density at radius 2 is 1.94 bits per heavy atom. The number of aryl methyl sites for hydroxylation is 1. The molecular weight excluding hydrogens is 473 g/mol. The number of nitrogens with zero attached hydrogens (tertiary/aromatic N) is 1. The van der Waals surface area contributed by atoms with Crippen molar-refractivity contribution in [2.75, 3.05) is 7.11 Å². The van der Waals surface area contributed by atoms with Gasteiger partial charge >= 0.3 is 0 Å². The van der Waals surface area contributed by atoms with Crippen LogP contribution in [-0.2, 0) is 19.4 Å². The van der Waals surface area contributed by atoms with Gasteiger partial charge in [0.05, 0.1) is 18.2 Å². The summed E-state index contributed by atoms with van der Waals surface area (Å²) >= 11 is 0. The number of pyridine rings is 1. The van der Waals surface area contributed by atoms with E-state index in [2.05, 4.69) is 0 Å². The SMILES string of the molecule is COc1ccc2c(c1)CCC(Cc1cc[n+](Cc3ccccc3F)cc1C(C)=O)C2=O.[Br-]. The molecule has 1 aliphatic carbocycles. The van der Waals surface area contributed by atoms with Crippen molar-refractivity contribution in [1.29, 1.82) is 0 Å². The Hall–Kier alpha value is -2.86. The Bertz CT molecular complexity index is 1160. The summed E-state index contributed by atoms with van der Waals surface area (Å²) in [6.45, 7) is 1.86. The summed E-state index contributed by atoms with van der Waals surface area (Å²) in [5, 5.41) is 0. The summed E-state index contributed by atoms with van der Waals surface area (Å²) in [6.07, 6.45) is 5.66. The normalized spacial score (nSPS) is 15.0. The van der Waals surface area contributed by atoms with Crippen molar-refractivity contribution in [3.05, 3.63) is 94.6 Å². The fourth-order valence-electron chi connectivity index (χ4n) is 4.27. The van der Waals surface area contributed by atoms with Crippen molar-refractivity contribution in [3.63, 3.8) is 0 Å². The Morgan fingerprint density at radius 1 is 1.16 bits per heavy atom. The number of halogens is 2. The molecule has 32 heavy (non-hydrogen) atoms. The largest absolute Gasteiger partial charge is 1.00 e. The first-order valence-electron chi connectivity index (χ1n) is 10.4. The third kappa shape index (κ3) is 4.96. The molecule has 0 bridgehead atoms. The smallest absolute Gasteiger partial charge is 0.180 e. The highest BCUT2D eigenvalue weighted by Gasteiger charge is 2.29. The lowest BCUT2D eigenvalue weighted by atomic mass is 9.79. The molecule has 0 N–H and O–H groups in total. The highest BCUT2D eigenvalue weighted by Crippen LogP contribution is 2.31. The summed E-state index contributed by atoms with van der Waals surface area (Å²) < 4.78 is 21.1. The number of benzene rings is 2. The zero-order valence-electron chi connectivity index (χ0n) is 18.1. The number of ether oxygens (including phenoxy) is 1. The van der Waals surface area contributed by atoms with Crippen molar-refractivity contribution in [3.8, 4) is 5.75 Å². The van der Waals surface area contributed by atoms with Crippen LogP contribution in [0, 0.1) is 11.7 Å². The zero-order valence-corrected chi connectivity index (χ0v) is 19.7. The Morgan fingerprint density at radius 3 is 2.66 bits per heavy atom. The Labute approximate surface area is 197 Å². The van der Waals surface area contributed by atoms with Gasteiger partial charge in [0.1, 0.15) is 11.6 Å². The van der Waals surface area contributed by atoms with Gasteiger partial charge in [-0.25, -0.2) is 4.39 Å². The van der Waals surface area contributed by atoms with E-state index in [9.17, 15) is 14.0 Å². The molecule has 1 aromatic heterocycles. The average Bonchev–Trinajstić information content (AvgIpc) is 2.77. The van der Waals surface area contributed by atoms with E-state index >= 15 is 0 Å². The molecule has 0 saturated carbocycles. The molecule has 0 radical (unpaired) electrons. The van der Waals surface area contributed by atoms with Crippen molar-refractivity contribution in [2.45, 2.75) is 32.7 Å². The van der Waals surface area contributed by atoms with Crippen LogP contribution in [0.4, 0.5) is 4.39 Å². The molecule has 0 saturated heterocycles. The highest BCUT2D eigenvalue weighted by atomic mass is 79.9. The summed E-state index contributed by atoms with van der Waals surface area (Å²) in [5.74, 6) is 0.368. The molecule has 1 atom stereocenters. The summed E-state index contributed by atoms with van der Waals surface area (Å²) in [4.78, 5) is 25.4. The fraction of sp³-hybridized carbons (Fsp3) is 0.269. The molecule has 4 nitrogen and oxygen atoms in total. The predicted octanol–water partition coefficient (Wildman–Crippen LogP) is 1.36. The van der Waals surface area contributed by atoms with Gasteiger partial charge < -0.3 is 21.7 Å². The topological polar surface area (TPSA) is 47.2 Å². The molecule has 0 aliphatic heterocycles. The maximum Gasteiger partial charge on any atom is 0.180 e. The number of fused-ring (bicyclic) bond motifs is 1. The van der Waals surface area contributed by atoms with Gasteiger partial charge in [-0.1, -0.05) is 12.1 Å². The third-order valence-corrected chi connectivity index (χ3v) is 5.98. The maximum atomic E-state index is 14.0. The van der Waals surface area contributed by atoms with E-state index in [1.54, 1.807) is 31.5 Å². The lowest BCUT2D eigenvalue weighted by Crippen LogP contribution is -3.00. The van der Waals surface area contributed by atoms with Crippen LogP contribution < -0.4 is 26.3 Å². The van der Waals surface area contributed by atoms with Crippen LogP contribution >= 0.6 is 0 Å². The first kappa shape index (κ1) is 23.8. The highest BCUT2D eigenvalue weighted by molar-refractivity contribution is 6.01. The van der Waals surface area contributed by atoms with E-state index in [0.717, 1.165) is 35.3 Å². The fourth-order valence-corrected chi connectivity index (χ4v) is 4.27. The molecule has 6 heteroatoms. The number of hydrogen-bond acceptors (Lipinski definition) is 3. The quantitative estimate of drug-likeness (QED) is 0.381. The number of carbonyl (C=O) groups excluding carboxylic acids is 2. The van der Waals surface area contributed by atoms with E-state index in [4.69, 9.17) is 4.74 Å². The summed E-state index contributed by atoms with van der Waals surface area (Å²) in [6, 6.07) is 14.1. The number of hydrogen-bond donors (Lipinski definition) is 0. The van der Waals surface area contributed by atoms with Crippen LogP contribution in [0.25, 0.3) is 0 Å². The second kappa shape index (κ2) is 10.2. The Kier molecular flexibility index (Phi) is 7.56. The first-order valence-corrected chi connectivity index (χ1v) is 10.4. The van der Waals surface area contributed by atoms with Gasteiger partial charge in [-0.05, 0) is 67.6 Å². The zero-order chi connectivity index (χ0) is 22.0. The predicted molar refractivity (Wildman–Crippen MR) is 115 cm³/mol. The molecule has 3 aromatic rings. The van der Waals surface area contributed by atoms with Gasteiger partial charge in [0.25, 0.3) is 0 Å². The van der Waals surface area contributed by atoms with Gasteiger partial charge in [0, 0.05) is 17.5 Å². The van der Waals surface area contributed by atoms with Crippen LogP contribution in [0.5, 0.6) is 5.75 Å². The average molecular weight is 498 g/mol. The molecule has 1 heterocycles. The maximum absolute atomic E-state index is 14.0. The molecule has 1 unspecified atom stereocenters. The van der Waals surface area contributed by atoms with Crippen LogP contribution in [-0.4, -0.2) is 18.7 Å². The van der Waals surface area contributed by atoms with Crippen molar-refractivity contribution < 1.29 is 40.3 Å². The third-order valence-electron chi connectivity index (χ3n) is 5.98. The number of aromatic nitrogens is 1. The van der Waals surface area contributed by atoms with Gasteiger partial charge in [-0.15, -0.1) is 0 Å². The first-order chi connectivity index (χ1) is 15.0. The van der Waals surface area contributed by atoms with E-state index < -0.39 is 0 Å². The van der Waals surface area contributed by atoms with E-state index in [1.807, 2.05) is 35.0 Å². The summed E-state index contributed by atoms with van der Waals surface area (Å²) in [7, 11) is 1.62. The van der Waals surface area contributed by atoms with Crippen LogP contribution in [0.3, 0.4) is 0 Å². The minimum Gasteiger partial charge on any atom is -1.00 e. The standard InChI is InChI=1S/C26H25FNO3.BrH/c1-17(29)24-16-28(15-21-5-3-4-6-25(21)27)12-11-19(24)13-20-8-7-18-14-22(31-2)9-10-23(18)26(20)30;/h3-6,9-12,14,16,20H,7-8,13,15H2,1-2H3;1H/q+1;/p-1. The number of rotatable bonds is 6. The van der Waals surface area contributed by atoms with Crippen LogP contribution in [0.15, 0.2) is 60.9 Å². The number of methoxy groups -OCH3 is 1. The molecule has 0 spiro atoms. The molecule has 0 fully saturated rings. The van der Waals surface area contributed by atoms with Gasteiger partial charge in [0.15, 0.2) is 30.5 Å². The van der Waals surface area contributed by atoms with Crippen LogP contribution in [0.2, 0.25) is 0 Å². The number of carbonyl (C=O) groups is 2. The lowest BCUT2D eigenvalue weighted by molar-refractivity contribution is -0.688. The minimum atomic E-state index is -0.272. The molecule has 4 rings (SSSR count). The monoisotopic (exact) mass is 497 g/mol. The van der Waals surface area contributed by atoms with Crippen LogP contribution in [0.1, 0.15) is 50.8 Å². The van der Waals surface area contributed by atoms with Crippen molar-refractivity contribution in [1.82, 2.24) is 0 Å². The number of Topliss-reactive ketones (excluding diaryl/α,β-unsaturated/α-hetero) is 2. The molecule has 1 aliphatic rings. The van der Waals surface area contributed by atoms with Gasteiger partial charge in [-0.3, -0.25) is 9.59 Å². The van der Waals surface area contributed by atoms with Crippen molar-refractivity contribution >= 4 is 11.6 Å². The minimum absolute atomic E-state index is 0. The van der Waals surface area contributed by atoms with E-state index in [1.165, 1.54) is 13.0 Å². The lowest BCUT2D eigenvalue weighted by Gasteiger charge is -2.24. The second-order valence-electron chi connectivity index (χ2n) is 8.03. The summed E-state index contributed by atoms with van der Waals surface area (Å²) in [5.41, 5.74) is 3.75. The van der Waals surface area contributed by atoms with Gasteiger partial charge in [-0.2, -0.15) is 4.57 Å². The van der Waals surface area contributed by atoms with E-state index in [-0.39, 0.29) is 40.3 Å². The molecular formula is C26H25BrFNO3.